The SMILES string of the molecule is O=S(=O)(CCCC(F)(F)F)Nc1ccccc1S(=O)(=O)F. The second kappa shape index (κ2) is 6.18. The van der Waals surface area contributed by atoms with Crippen LogP contribution in [0.5, 0.6) is 0 Å². The zero-order valence-electron chi connectivity index (χ0n) is 10.4. The Morgan fingerprint density at radius 3 is 2.14 bits per heavy atom. The summed E-state index contributed by atoms with van der Waals surface area (Å²) in [6.45, 7) is 0. The van der Waals surface area contributed by atoms with Crippen molar-refractivity contribution in [2.75, 3.05) is 10.5 Å². The number of nitrogens with one attached hydrogen (secondary N) is 1. The molecular weight excluding hydrogens is 338 g/mol. The van der Waals surface area contributed by atoms with Crippen molar-refractivity contribution in [2.24, 2.45) is 0 Å². The fraction of sp³-hybridized carbons (Fsp3) is 0.400. The molecule has 5 nitrogen and oxygen atoms in total. The highest BCUT2D eigenvalue weighted by molar-refractivity contribution is 7.92. The average molecular weight is 349 g/mol. The van der Waals surface area contributed by atoms with E-state index in [1.54, 1.807) is 4.72 Å². The summed E-state index contributed by atoms with van der Waals surface area (Å²) in [6, 6.07) is 4.26. The number of hydrogen-bond donors (Lipinski definition) is 1. The molecule has 0 amide bonds. The van der Waals surface area contributed by atoms with Gasteiger partial charge in [0.25, 0.3) is 0 Å². The third-order valence-corrected chi connectivity index (χ3v) is 4.53. The Hall–Kier alpha value is -1.36. The van der Waals surface area contributed by atoms with Crippen LogP contribution >= 0.6 is 0 Å². The van der Waals surface area contributed by atoms with Gasteiger partial charge in [0.15, 0.2) is 0 Å². The summed E-state index contributed by atoms with van der Waals surface area (Å²) in [5.41, 5.74) is -0.549. The van der Waals surface area contributed by atoms with Crippen molar-refractivity contribution in [3.63, 3.8) is 0 Å². The molecule has 0 saturated heterocycles. The van der Waals surface area contributed by atoms with Crippen molar-refractivity contribution in [1.29, 1.82) is 0 Å². The van der Waals surface area contributed by atoms with E-state index < -0.39 is 55.6 Å². The largest absolute Gasteiger partial charge is 0.389 e. The molecule has 11 heteroatoms. The predicted molar refractivity (Wildman–Crippen MR) is 67.4 cm³/mol. The fourth-order valence-corrected chi connectivity index (χ4v) is 3.27. The van der Waals surface area contributed by atoms with E-state index in [1.807, 2.05) is 0 Å². The molecule has 1 N–H and O–H groups in total. The molecule has 0 aliphatic carbocycles. The molecule has 0 saturated carbocycles. The summed E-state index contributed by atoms with van der Waals surface area (Å²) in [5, 5.41) is 0. The van der Waals surface area contributed by atoms with Crippen LogP contribution in [0.25, 0.3) is 0 Å². The minimum Gasteiger partial charge on any atom is -0.282 e. The topological polar surface area (TPSA) is 80.3 Å². The van der Waals surface area contributed by atoms with Gasteiger partial charge in [0, 0.05) is 6.42 Å². The lowest BCUT2D eigenvalue weighted by Gasteiger charge is -2.11. The minimum atomic E-state index is -5.16. The molecule has 1 rings (SSSR count). The molecule has 0 heterocycles. The summed E-state index contributed by atoms with van der Waals surface area (Å²) >= 11 is 0. The highest BCUT2D eigenvalue weighted by Gasteiger charge is 2.28. The molecule has 0 fully saturated rings. The first-order valence-electron chi connectivity index (χ1n) is 5.52. The number of anilines is 1. The molecule has 0 bridgehead atoms. The van der Waals surface area contributed by atoms with E-state index in [0.717, 1.165) is 12.1 Å². The van der Waals surface area contributed by atoms with Crippen molar-refractivity contribution in [2.45, 2.75) is 23.9 Å². The summed E-state index contributed by atoms with van der Waals surface area (Å²) in [7, 11) is -9.38. The van der Waals surface area contributed by atoms with E-state index in [0.29, 0.717) is 0 Å². The molecule has 1 aromatic rings. The number of benzene rings is 1. The van der Waals surface area contributed by atoms with Crippen LogP contribution in [0.15, 0.2) is 29.2 Å². The predicted octanol–water partition coefficient (Wildman–Crippen LogP) is 2.43. The molecule has 21 heavy (non-hydrogen) atoms. The summed E-state index contributed by atoms with van der Waals surface area (Å²) in [5.74, 6) is -0.868. The maximum Gasteiger partial charge on any atom is 0.389 e. The van der Waals surface area contributed by atoms with E-state index in [-0.39, 0.29) is 0 Å². The molecule has 0 atom stereocenters. The summed E-state index contributed by atoms with van der Waals surface area (Å²) < 4.78 is 95.3. The van der Waals surface area contributed by atoms with Gasteiger partial charge in [0.05, 0.1) is 11.4 Å². The van der Waals surface area contributed by atoms with Crippen LogP contribution in [-0.4, -0.2) is 28.8 Å². The molecule has 0 aliphatic rings. The number of para-hydroxylation sites is 1. The molecule has 0 aromatic heterocycles. The lowest BCUT2D eigenvalue weighted by molar-refractivity contribution is -0.134. The van der Waals surface area contributed by atoms with Gasteiger partial charge in [0.1, 0.15) is 4.90 Å². The van der Waals surface area contributed by atoms with Gasteiger partial charge >= 0.3 is 16.4 Å². The fourth-order valence-electron chi connectivity index (χ4n) is 1.44. The van der Waals surface area contributed by atoms with E-state index in [4.69, 9.17) is 0 Å². The van der Waals surface area contributed by atoms with Crippen molar-refractivity contribution >= 4 is 25.9 Å². The first-order valence-corrected chi connectivity index (χ1v) is 8.55. The molecule has 0 unspecified atom stereocenters. The summed E-state index contributed by atoms with van der Waals surface area (Å²) in [4.78, 5) is -0.899. The Morgan fingerprint density at radius 2 is 1.62 bits per heavy atom. The van der Waals surface area contributed by atoms with Gasteiger partial charge in [-0.25, -0.2) is 8.42 Å². The Morgan fingerprint density at radius 1 is 1.05 bits per heavy atom. The molecular formula is C10H11F4NO4S2. The maximum absolute atomic E-state index is 13.0. The van der Waals surface area contributed by atoms with E-state index in [2.05, 4.69) is 0 Å². The number of alkyl halides is 3. The van der Waals surface area contributed by atoms with Gasteiger partial charge in [0.2, 0.25) is 10.0 Å². The summed E-state index contributed by atoms with van der Waals surface area (Å²) in [6.07, 6.45) is -6.48. The standard InChI is InChI=1S/C10H11F4NO4S2/c11-10(12,13)6-3-7-20(16,17)15-8-4-1-2-5-9(8)21(14,18)19/h1-2,4-5,15H,3,6-7H2. The van der Waals surface area contributed by atoms with Crippen molar-refractivity contribution in [3.05, 3.63) is 24.3 Å². The molecule has 0 aliphatic heterocycles. The van der Waals surface area contributed by atoms with Gasteiger partial charge < -0.3 is 0 Å². The van der Waals surface area contributed by atoms with Gasteiger partial charge in [-0.1, -0.05) is 12.1 Å². The van der Waals surface area contributed by atoms with Gasteiger partial charge in [-0.2, -0.15) is 21.6 Å². The van der Waals surface area contributed by atoms with Crippen LogP contribution in [0.3, 0.4) is 0 Å². The third kappa shape index (κ3) is 6.29. The Kier molecular flexibility index (Phi) is 5.20. The monoisotopic (exact) mass is 349 g/mol. The van der Waals surface area contributed by atoms with Crippen molar-refractivity contribution in [3.8, 4) is 0 Å². The van der Waals surface area contributed by atoms with Crippen LogP contribution in [0.2, 0.25) is 0 Å². The molecule has 1 aromatic carbocycles. The van der Waals surface area contributed by atoms with E-state index in [9.17, 15) is 33.9 Å². The average Bonchev–Trinajstić information content (AvgIpc) is 2.25. The Bertz CT molecular complexity index is 698. The molecule has 0 radical (unpaired) electrons. The second-order valence-electron chi connectivity index (χ2n) is 4.07. The third-order valence-electron chi connectivity index (χ3n) is 2.29. The zero-order chi connectivity index (χ0) is 16.3. The van der Waals surface area contributed by atoms with Crippen LogP contribution in [0, 0.1) is 0 Å². The Balaban J connectivity index is 2.86. The van der Waals surface area contributed by atoms with Crippen LogP contribution in [0.4, 0.5) is 22.7 Å². The number of rotatable bonds is 6. The molecule has 0 spiro atoms. The molecule has 120 valence electrons. The zero-order valence-corrected chi connectivity index (χ0v) is 12.0. The number of halogens is 4. The second-order valence-corrected chi connectivity index (χ2v) is 7.23. The lowest BCUT2D eigenvalue weighted by atomic mass is 10.3. The lowest BCUT2D eigenvalue weighted by Crippen LogP contribution is -2.19. The number of hydrogen-bond acceptors (Lipinski definition) is 4. The van der Waals surface area contributed by atoms with Gasteiger partial charge in [-0.15, -0.1) is 3.89 Å². The van der Waals surface area contributed by atoms with Crippen LogP contribution in [-0.2, 0) is 20.2 Å². The quantitative estimate of drug-likeness (QED) is 0.632. The van der Waals surface area contributed by atoms with Crippen LogP contribution < -0.4 is 4.72 Å². The van der Waals surface area contributed by atoms with Gasteiger partial charge in [-0.3, -0.25) is 4.72 Å². The smallest absolute Gasteiger partial charge is 0.282 e. The van der Waals surface area contributed by atoms with Crippen molar-refractivity contribution < 1.29 is 33.9 Å². The number of sulfonamides is 1. The normalized spacial score (nSPS) is 13.1. The van der Waals surface area contributed by atoms with E-state index >= 15 is 0 Å². The van der Waals surface area contributed by atoms with Crippen LogP contribution in [0.1, 0.15) is 12.8 Å². The minimum absolute atomic E-state index is 0.549. The van der Waals surface area contributed by atoms with Gasteiger partial charge in [-0.05, 0) is 18.6 Å². The first-order chi connectivity index (χ1) is 9.41. The highest BCUT2D eigenvalue weighted by atomic mass is 32.3. The van der Waals surface area contributed by atoms with Crippen molar-refractivity contribution in [1.82, 2.24) is 0 Å². The highest BCUT2D eigenvalue weighted by Crippen LogP contribution is 2.25. The maximum atomic E-state index is 13.0. The first kappa shape index (κ1) is 17.7. The Labute approximate surface area is 119 Å². The van der Waals surface area contributed by atoms with E-state index in [1.165, 1.54) is 12.1 Å².